The van der Waals surface area contributed by atoms with Crippen LogP contribution in [-0.4, -0.2) is 29.1 Å². The van der Waals surface area contributed by atoms with E-state index in [-0.39, 0.29) is 11.8 Å². The molecule has 1 aromatic heterocycles. The molecule has 3 rings (SSSR count). The number of aromatic nitrogens is 1. The molecule has 0 bridgehead atoms. The summed E-state index contributed by atoms with van der Waals surface area (Å²) in [5.74, 6) is 2.20. The lowest BCUT2D eigenvalue weighted by Gasteiger charge is -2.35. The van der Waals surface area contributed by atoms with Crippen LogP contribution >= 0.6 is 0 Å². The van der Waals surface area contributed by atoms with E-state index in [0.29, 0.717) is 23.6 Å². The van der Waals surface area contributed by atoms with Crippen molar-refractivity contribution in [2.45, 2.75) is 60.0 Å². The van der Waals surface area contributed by atoms with E-state index in [1.54, 1.807) is 6.92 Å². The summed E-state index contributed by atoms with van der Waals surface area (Å²) in [6.45, 7) is 14.3. The molecular weight excluding hydrogens is 350 g/mol. The van der Waals surface area contributed by atoms with E-state index in [1.165, 1.54) is 25.1 Å². The monoisotopic (exact) mass is 383 g/mol. The molecule has 152 valence electrons. The van der Waals surface area contributed by atoms with Gasteiger partial charge in [0, 0.05) is 32.1 Å². The Bertz CT molecular complexity index is 785. The number of piperidine rings is 1. The first-order valence-corrected chi connectivity index (χ1v) is 10.4. The Hall–Kier alpha value is -2.14. The van der Waals surface area contributed by atoms with Gasteiger partial charge in [0.15, 0.2) is 5.76 Å². The van der Waals surface area contributed by atoms with Crippen LogP contribution in [-0.2, 0) is 13.1 Å². The zero-order valence-electron chi connectivity index (χ0n) is 17.8. The van der Waals surface area contributed by atoms with Crippen molar-refractivity contribution < 1.29 is 9.32 Å². The van der Waals surface area contributed by atoms with Crippen LogP contribution in [0.5, 0.6) is 0 Å². The molecule has 2 atom stereocenters. The highest BCUT2D eigenvalue weighted by Crippen LogP contribution is 2.23. The van der Waals surface area contributed by atoms with E-state index in [4.69, 9.17) is 4.52 Å². The molecule has 1 fully saturated rings. The lowest BCUT2D eigenvalue weighted by atomic mass is 9.91. The molecule has 0 spiro atoms. The fourth-order valence-electron chi connectivity index (χ4n) is 4.27. The van der Waals surface area contributed by atoms with Gasteiger partial charge >= 0.3 is 0 Å². The van der Waals surface area contributed by atoms with Gasteiger partial charge in [-0.2, -0.15) is 0 Å². The number of rotatable bonds is 6. The fourth-order valence-corrected chi connectivity index (χ4v) is 4.27. The second-order valence-corrected chi connectivity index (χ2v) is 8.80. The van der Waals surface area contributed by atoms with Crippen LogP contribution < -0.4 is 5.32 Å². The Balaban J connectivity index is 1.56. The fraction of sp³-hybridized carbons (Fsp3) is 0.565. The van der Waals surface area contributed by atoms with Gasteiger partial charge in [-0.25, -0.2) is 0 Å². The first-order valence-electron chi connectivity index (χ1n) is 10.4. The average Bonchev–Trinajstić information content (AvgIpc) is 3.02. The molecule has 5 heteroatoms. The number of nitrogens with one attached hydrogen (secondary N) is 1. The maximum atomic E-state index is 12.6. The lowest BCUT2D eigenvalue weighted by molar-refractivity contribution is 0.0948. The summed E-state index contributed by atoms with van der Waals surface area (Å²) < 4.78 is 5.32. The molecule has 1 N–H and O–H groups in total. The largest absolute Gasteiger partial charge is 0.360 e. The molecule has 0 radical (unpaired) electrons. The van der Waals surface area contributed by atoms with Gasteiger partial charge in [-0.1, -0.05) is 57.1 Å². The summed E-state index contributed by atoms with van der Waals surface area (Å²) in [5.41, 5.74) is 3.63. The van der Waals surface area contributed by atoms with Crippen LogP contribution in [0.4, 0.5) is 0 Å². The van der Waals surface area contributed by atoms with Gasteiger partial charge in [-0.3, -0.25) is 9.69 Å². The predicted molar refractivity (Wildman–Crippen MR) is 111 cm³/mol. The normalized spacial score (nSPS) is 20.5. The molecule has 0 unspecified atom stereocenters. The standard InChI is InChI=1S/C23H33N3O2/c1-15(2)22-21(18(5)25-28-22)23(27)24-11-19-6-8-20(9-7-19)14-26-12-16(3)10-17(4)13-26/h6-9,15-17H,10-14H2,1-5H3,(H,24,27)/t16-,17+. The predicted octanol–water partition coefficient (Wildman–Crippen LogP) is 4.51. The summed E-state index contributed by atoms with van der Waals surface area (Å²) >= 11 is 0. The van der Waals surface area contributed by atoms with Crippen molar-refractivity contribution >= 4 is 5.91 Å². The van der Waals surface area contributed by atoms with E-state index in [0.717, 1.165) is 23.9 Å². The van der Waals surface area contributed by atoms with Gasteiger partial charge in [0.25, 0.3) is 5.91 Å². The zero-order valence-corrected chi connectivity index (χ0v) is 17.8. The number of carbonyl (C=O) groups is 1. The highest BCUT2D eigenvalue weighted by molar-refractivity contribution is 5.96. The van der Waals surface area contributed by atoms with Crippen molar-refractivity contribution in [1.29, 1.82) is 0 Å². The first kappa shape index (κ1) is 20.6. The molecule has 0 saturated carbocycles. The molecule has 1 aliphatic rings. The van der Waals surface area contributed by atoms with Crippen LogP contribution in [0.15, 0.2) is 28.8 Å². The maximum absolute atomic E-state index is 12.6. The molecule has 2 aromatic rings. The Labute approximate surface area is 168 Å². The molecule has 1 saturated heterocycles. The average molecular weight is 384 g/mol. The van der Waals surface area contributed by atoms with Crippen molar-refractivity contribution in [2.75, 3.05) is 13.1 Å². The van der Waals surface area contributed by atoms with Crippen LogP contribution in [0.3, 0.4) is 0 Å². The van der Waals surface area contributed by atoms with Crippen molar-refractivity contribution in [3.63, 3.8) is 0 Å². The van der Waals surface area contributed by atoms with Gasteiger partial charge in [-0.15, -0.1) is 0 Å². The second-order valence-electron chi connectivity index (χ2n) is 8.80. The quantitative estimate of drug-likeness (QED) is 0.797. The Kier molecular flexibility index (Phi) is 6.55. The summed E-state index contributed by atoms with van der Waals surface area (Å²) in [7, 11) is 0. The van der Waals surface area contributed by atoms with Gasteiger partial charge in [-0.05, 0) is 36.3 Å². The minimum absolute atomic E-state index is 0.122. The summed E-state index contributed by atoms with van der Waals surface area (Å²) in [5, 5.41) is 6.95. The van der Waals surface area contributed by atoms with Gasteiger partial charge in [0.05, 0.1) is 5.69 Å². The molecule has 1 amide bonds. The number of benzene rings is 1. The molecular formula is C23H33N3O2. The molecule has 1 aromatic carbocycles. The van der Waals surface area contributed by atoms with Crippen molar-refractivity contribution in [3.8, 4) is 0 Å². The number of aryl methyl sites for hydroxylation is 1. The van der Waals surface area contributed by atoms with E-state index in [1.807, 2.05) is 13.8 Å². The Morgan fingerprint density at radius 3 is 2.39 bits per heavy atom. The van der Waals surface area contributed by atoms with E-state index >= 15 is 0 Å². The third-order valence-corrected chi connectivity index (χ3v) is 5.47. The molecule has 28 heavy (non-hydrogen) atoms. The van der Waals surface area contributed by atoms with E-state index < -0.39 is 0 Å². The third-order valence-electron chi connectivity index (χ3n) is 5.47. The Morgan fingerprint density at radius 1 is 1.18 bits per heavy atom. The van der Waals surface area contributed by atoms with Gasteiger partial charge in [0.1, 0.15) is 5.56 Å². The number of nitrogens with zero attached hydrogens (tertiary/aromatic N) is 2. The second kappa shape index (κ2) is 8.91. The number of carbonyl (C=O) groups excluding carboxylic acids is 1. The number of amides is 1. The maximum Gasteiger partial charge on any atom is 0.257 e. The first-order chi connectivity index (χ1) is 13.3. The van der Waals surface area contributed by atoms with Crippen molar-refractivity contribution in [3.05, 3.63) is 52.4 Å². The van der Waals surface area contributed by atoms with Crippen molar-refractivity contribution in [1.82, 2.24) is 15.4 Å². The lowest BCUT2D eigenvalue weighted by Crippen LogP contribution is -2.38. The van der Waals surface area contributed by atoms with Crippen LogP contribution in [0.1, 0.15) is 73.0 Å². The highest BCUT2D eigenvalue weighted by Gasteiger charge is 2.23. The van der Waals surface area contributed by atoms with E-state index in [2.05, 4.69) is 53.5 Å². The van der Waals surface area contributed by atoms with Crippen LogP contribution in [0, 0.1) is 18.8 Å². The van der Waals surface area contributed by atoms with Gasteiger partial charge < -0.3 is 9.84 Å². The summed E-state index contributed by atoms with van der Waals surface area (Å²) in [6.07, 6.45) is 1.33. The summed E-state index contributed by atoms with van der Waals surface area (Å²) in [6, 6.07) is 8.57. The minimum Gasteiger partial charge on any atom is -0.360 e. The van der Waals surface area contributed by atoms with Crippen molar-refractivity contribution in [2.24, 2.45) is 11.8 Å². The van der Waals surface area contributed by atoms with Crippen LogP contribution in [0.25, 0.3) is 0 Å². The van der Waals surface area contributed by atoms with Gasteiger partial charge in [0.2, 0.25) is 0 Å². The molecule has 1 aliphatic heterocycles. The summed E-state index contributed by atoms with van der Waals surface area (Å²) in [4.78, 5) is 15.2. The molecule has 0 aliphatic carbocycles. The number of likely N-dealkylation sites (tertiary alicyclic amines) is 1. The topological polar surface area (TPSA) is 58.4 Å². The minimum atomic E-state index is -0.122. The number of hydrogen-bond acceptors (Lipinski definition) is 4. The molecule has 2 heterocycles. The Morgan fingerprint density at radius 2 is 1.79 bits per heavy atom. The third kappa shape index (κ3) is 5.02. The smallest absolute Gasteiger partial charge is 0.257 e. The molecule has 5 nitrogen and oxygen atoms in total. The van der Waals surface area contributed by atoms with Crippen LogP contribution in [0.2, 0.25) is 0 Å². The SMILES string of the molecule is Cc1noc(C(C)C)c1C(=O)NCc1ccc(CN2C[C@H](C)C[C@H](C)C2)cc1. The highest BCUT2D eigenvalue weighted by atomic mass is 16.5. The number of hydrogen-bond donors (Lipinski definition) is 1. The zero-order chi connectivity index (χ0) is 20.3. The van der Waals surface area contributed by atoms with E-state index in [9.17, 15) is 4.79 Å².